The Morgan fingerprint density at radius 2 is 1.54 bits per heavy atom. The van der Waals surface area contributed by atoms with E-state index in [2.05, 4.69) is 15.2 Å². The normalized spacial score (nSPS) is 13.6. The van der Waals surface area contributed by atoms with Crippen molar-refractivity contribution in [3.8, 4) is 0 Å². The van der Waals surface area contributed by atoms with Crippen LogP contribution in [0.2, 0.25) is 10.0 Å². The lowest BCUT2D eigenvalue weighted by Crippen LogP contribution is -2.40. The second kappa shape index (κ2) is 12.7. The van der Waals surface area contributed by atoms with E-state index >= 15 is 4.39 Å². The number of nitrogens with zero attached hydrogens (tertiary/aromatic N) is 6. The molecule has 0 amide bonds. The minimum Gasteiger partial charge on any atom is -0.381 e. The summed E-state index contributed by atoms with van der Waals surface area (Å²) in [4.78, 5) is 5.65. The summed E-state index contributed by atoms with van der Waals surface area (Å²) < 4.78 is 61.6. The number of halogens is 6. The van der Waals surface area contributed by atoms with Crippen LogP contribution in [0, 0.1) is 23.3 Å². The van der Waals surface area contributed by atoms with E-state index in [0.29, 0.717) is 22.7 Å². The van der Waals surface area contributed by atoms with Crippen molar-refractivity contribution in [1.29, 1.82) is 0 Å². The fourth-order valence-electron chi connectivity index (χ4n) is 5.48. The van der Waals surface area contributed by atoms with E-state index in [-0.39, 0.29) is 46.4 Å². The van der Waals surface area contributed by atoms with E-state index < -0.39 is 34.9 Å². The van der Waals surface area contributed by atoms with Gasteiger partial charge in [-0.15, -0.1) is 0 Å². The van der Waals surface area contributed by atoms with Crippen LogP contribution in [-0.4, -0.2) is 29.7 Å². The molecular formula is C33H26Cl2F4N6O. The molecule has 0 spiro atoms. The van der Waals surface area contributed by atoms with Gasteiger partial charge in [-0.1, -0.05) is 41.4 Å². The molecule has 236 valence electrons. The Balaban J connectivity index is 1.40. The predicted octanol–water partition coefficient (Wildman–Crippen LogP) is 7.85. The van der Waals surface area contributed by atoms with Gasteiger partial charge in [-0.25, -0.2) is 27.2 Å². The molecule has 2 aromatic heterocycles. The third kappa shape index (κ3) is 6.18. The minimum atomic E-state index is -1.94. The summed E-state index contributed by atoms with van der Waals surface area (Å²) in [6, 6.07) is 16.1. The highest BCUT2D eigenvalue weighted by Gasteiger charge is 2.41. The van der Waals surface area contributed by atoms with Crippen LogP contribution in [0.25, 0.3) is 10.9 Å². The van der Waals surface area contributed by atoms with E-state index in [1.54, 1.807) is 48.4 Å². The van der Waals surface area contributed by atoms with Gasteiger partial charge >= 0.3 is 0 Å². The molecule has 0 aliphatic carbocycles. The molecule has 0 aliphatic heterocycles. The number of aliphatic hydroxyl groups is 1. The lowest BCUT2D eigenvalue weighted by atomic mass is 9.86. The molecule has 0 saturated heterocycles. The summed E-state index contributed by atoms with van der Waals surface area (Å²) in [7, 11) is 0. The average molecular weight is 670 g/mol. The zero-order valence-electron chi connectivity index (χ0n) is 24.3. The Morgan fingerprint density at radius 1 is 0.870 bits per heavy atom. The Hall–Kier alpha value is -4.45. The summed E-state index contributed by atoms with van der Waals surface area (Å²) in [6.45, 7) is 1.43. The van der Waals surface area contributed by atoms with Crippen LogP contribution in [0.15, 0.2) is 91.6 Å². The molecule has 0 unspecified atom stereocenters. The second-order valence-corrected chi connectivity index (χ2v) is 11.7. The van der Waals surface area contributed by atoms with Crippen LogP contribution >= 0.6 is 23.2 Å². The van der Waals surface area contributed by atoms with E-state index in [0.717, 1.165) is 6.07 Å². The summed E-state index contributed by atoms with van der Waals surface area (Å²) in [5, 5.41) is 21.8. The molecule has 4 aromatic carbocycles. The maximum atomic E-state index is 15.1. The zero-order valence-corrected chi connectivity index (χ0v) is 25.8. The van der Waals surface area contributed by atoms with Gasteiger partial charge in [0, 0.05) is 63.2 Å². The number of rotatable bonds is 10. The zero-order chi connectivity index (χ0) is 32.6. The highest BCUT2D eigenvalue weighted by atomic mass is 35.5. The Labute approximate surface area is 271 Å². The molecule has 6 rings (SSSR count). The summed E-state index contributed by atoms with van der Waals surface area (Å²) in [5.41, 5.74) is -0.522. The van der Waals surface area contributed by atoms with E-state index in [1.807, 2.05) is 0 Å². The van der Waals surface area contributed by atoms with Crippen molar-refractivity contribution in [2.45, 2.75) is 38.2 Å². The molecule has 0 fully saturated rings. The predicted molar refractivity (Wildman–Crippen MR) is 167 cm³/mol. The van der Waals surface area contributed by atoms with Crippen LogP contribution in [0.4, 0.5) is 23.2 Å². The van der Waals surface area contributed by atoms with Gasteiger partial charge in [-0.3, -0.25) is 4.68 Å². The van der Waals surface area contributed by atoms with Crippen LogP contribution in [0.1, 0.15) is 29.7 Å². The van der Waals surface area contributed by atoms with Crippen molar-refractivity contribution < 1.29 is 22.7 Å². The largest absolute Gasteiger partial charge is 0.381 e. The lowest BCUT2D eigenvalue weighted by Gasteiger charge is -2.34. The second-order valence-electron chi connectivity index (χ2n) is 10.9. The van der Waals surface area contributed by atoms with Gasteiger partial charge in [0.05, 0.1) is 18.1 Å². The van der Waals surface area contributed by atoms with Crippen molar-refractivity contribution in [3.63, 3.8) is 0 Å². The van der Waals surface area contributed by atoms with Crippen LogP contribution in [0.5, 0.6) is 0 Å². The number of aromatic nitrogens is 5. The molecule has 2 heterocycles. The molecule has 6 aromatic rings. The van der Waals surface area contributed by atoms with Gasteiger partial charge in [0.2, 0.25) is 0 Å². The maximum absolute atomic E-state index is 15.1. The van der Waals surface area contributed by atoms with E-state index in [9.17, 15) is 18.3 Å². The topological polar surface area (TPSA) is 72.0 Å². The first kappa shape index (κ1) is 31.5. The number of fused-ring (bicyclic) bond motifs is 1. The third-order valence-corrected chi connectivity index (χ3v) is 8.76. The number of anilines is 1. The first-order valence-electron chi connectivity index (χ1n) is 14.1. The molecule has 0 aliphatic rings. The highest BCUT2D eigenvalue weighted by molar-refractivity contribution is 6.31. The molecule has 1 N–H and O–H groups in total. The van der Waals surface area contributed by atoms with Crippen LogP contribution in [0.3, 0.4) is 0 Å². The third-order valence-electron chi connectivity index (χ3n) is 8.05. The van der Waals surface area contributed by atoms with Gasteiger partial charge < -0.3 is 10.0 Å². The number of benzene rings is 4. The molecule has 0 radical (unpaired) electrons. The molecule has 46 heavy (non-hydrogen) atoms. The van der Waals surface area contributed by atoms with Gasteiger partial charge in [0.15, 0.2) is 0 Å². The number of hydrogen-bond donors (Lipinski definition) is 1. The van der Waals surface area contributed by atoms with Crippen molar-refractivity contribution in [1.82, 2.24) is 24.5 Å². The van der Waals surface area contributed by atoms with Crippen molar-refractivity contribution in [3.05, 3.63) is 142 Å². The molecule has 7 nitrogen and oxygen atoms in total. The Bertz CT molecular complexity index is 1930. The fourth-order valence-corrected chi connectivity index (χ4v) is 5.92. The van der Waals surface area contributed by atoms with Gasteiger partial charge in [-0.05, 0) is 55.5 Å². The van der Waals surface area contributed by atoms with E-state index in [1.165, 1.54) is 52.4 Å². The summed E-state index contributed by atoms with van der Waals surface area (Å²) in [5.74, 6) is -2.74. The van der Waals surface area contributed by atoms with Crippen LogP contribution < -0.4 is 4.90 Å². The summed E-state index contributed by atoms with van der Waals surface area (Å²) in [6.07, 6.45) is 4.33. The van der Waals surface area contributed by atoms with Gasteiger partial charge in [0.25, 0.3) is 0 Å². The smallest absolute Gasteiger partial charge is 0.137 e. The molecule has 0 bridgehead atoms. The van der Waals surface area contributed by atoms with E-state index in [4.69, 9.17) is 23.2 Å². The number of hydrogen-bond acceptors (Lipinski definition) is 5. The highest BCUT2D eigenvalue weighted by Crippen LogP contribution is 2.38. The average Bonchev–Trinajstić information content (AvgIpc) is 3.69. The molecule has 2 atom stereocenters. The first-order chi connectivity index (χ1) is 22.0. The molecular weight excluding hydrogens is 643 g/mol. The quantitative estimate of drug-likeness (QED) is 0.151. The van der Waals surface area contributed by atoms with Crippen molar-refractivity contribution in [2.75, 3.05) is 4.90 Å². The van der Waals surface area contributed by atoms with Crippen molar-refractivity contribution in [2.24, 2.45) is 0 Å². The SMILES string of the molecule is C[C@@H](n1cc2cc(N(Cc3c(F)cccc3Cl)Cc3c(F)cccc3Cl)ccc2n1)[C@](O)(Cn1cncn1)c1ccc(F)cc1F. The minimum absolute atomic E-state index is 0.00623. The maximum Gasteiger partial charge on any atom is 0.137 e. The lowest BCUT2D eigenvalue weighted by molar-refractivity contribution is -0.0366. The molecule has 0 saturated carbocycles. The molecule has 13 heteroatoms. The standard InChI is InChI=1S/C33H26Cl2F4N6O/c1-20(33(46,17-44-19-40-18-41-44)26-10-8-22(36)13-31(26)39)45-14-21-12-23(9-11-32(21)42-45)43(15-24-27(34)4-2-6-29(24)37)16-25-28(35)5-3-7-30(25)38/h2-14,18-20,46H,15-17H2,1H3/t20-,33-/m1/s1. The van der Waals surface area contributed by atoms with Crippen LogP contribution in [-0.2, 0) is 25.2 Å². The summed E-state index contributed by atoms with van der Waals surface area (Å²) >= 11 is 12.7. The van der Waals surface area contributed by atoms with Crippen molar-refractivity contribution >= 4 is 39.8 Å². The Morgan fingerprint density at radius 3 is 2.13 bits per heavy atom. The first-order valence-corrected chi connectivity index (χ1v) is 14.9. The van der Waals surface area contributed by atoms with Gasteiger partial charge in [-0.2, -0.15) is 10.2 Å². The fraction of sp³-hybridized carbons (Fsp3) is 0.182. The monoisotopic (exact) mass is 668 g/mol. The van der Waals surface area contributed by atoms with Gasteiger partial charge in [0.1, 0.15) is 41.5 Å². The Kier molecular flexibility index (Phi) is 8.73.